The van der Waals surface area contributed by atoms with Gasteiger partial charge in [-0.3, -0.25) is 9.36 Å². The zero-order chi connectivity index (χ0) is 20.5. The monoisotopic (exact) mass is 398 g/mol. The molecule has 1 aliphatic carbocycles. The Morgan fingerprint density at radius 3 is 2.50 bits per heavy atom. The molecular weight excluding hydrogens is 376 g/mol. The summed E-state index contributed by atoms with van der Waals surface area (Å²) in [6.07, 6.45) is 2.01. The van der Waals surface area contributed by atoms with Gasteiger partial charge in [0.2, 0.25) is 0 Å². The number of hydrogen-bond acceptors (Lipinski definition) is 3. The van der Waals surface area contributed by atoms with Crippen LogP contribution in [-0.2, 0) is 6.54 Å². The first kappa shape index (κ1) is 18.4. The fraction of sp³-hybridized carbons (Fsp3) is 0.208. The zero-order valence-electron chi connectivity index (χ0n) is 16.5. The van der Waals surface area contributed by atoms with Crippen molar-refractivity contribution in [1.82, 2.24) is 19.7 Å². The van der Waals surface area contributed by atoms with Crippen molar-refractivity contribution >= 4 is 16.7 Å². The van der Waals surface area contributed by atoms with E-state index in [1.165, 1.54) is 4.68 Å². The molecule has 0 aliphatic heterocycles. The summed E-state index contributed by atoms with van der Waals surface area (Å²) in [5.41, 5.74) is 1.45. The molecule has 0 unspecified atom stereocenters. The number of rotatable bonds is 6. The lowest BCUT2D eigenvalue weighted by molar-refractivity contribution is 0.0953. The summed E-state index contributed by atoms with van der Waals surface area (Å²) in [6.45, 7) is 0.659. The number of hydrogen-bond donors (Lipinski definition) is 1. The molecule has 1 saturated carbocycles. The summed E-state index contributed by atoms with van der Waals surface area (Å²) in [7, 11) is 0. The van der Waals surface area contributed by atoms with Gasteiger partial charge in [0.1, 0.15) is 0 Å². The van der Waals surface area contributed by atoms with E-state index in [1.54, 1.807) is 4.57 Å². The van der Waals surface area contributed by atoms with Crippen LogP contribution in [0.25, 0.3) is 22.2 Å². The highest BCUT2D eigenvalue weighted by Gasteiger charge is 2.30. The number of carbonyl (C=O) groups excluding carboxylic acids is 1. The van der Waals surface area contributed by atoms with Crippen LogP contribution in [0.3, 0.4) is 0 Å². The van der Waals surface area contributed by atoms with Crippen molar-refractivity contribution in [2.24, 2.45) is 0 Å². The van der Waals surface area contributed by atoms with E-state index in [1.807, 2.05) is 72.8 Å². The van der Waals surface area contributed by atoms with Gasteiger partial charge >= 0.3 is 5.69 Å². The largest absolute Gasteiger partial charge is 0.350 e. The molecule has 1 N–H and O–H groups in total. The van der Waals surface area contributed by atoms with Crippen molar-refractivity contribution in [1.29, 1.82) is 0 Å². The SMILES string of the molecule is O=C(NCCn1nc(-c2ccccc2)n(C2CC2)c1=O)c1cccc2ccccc12. The summed E-state index contributed by atoms with van der Waals surface area (Å²) in [5, 5.41) is 9.45. The Labute approximate surface area is 173 Å². The van der Waals surface area contributed by atoms with Gasteiger partial charge in [-0.15, -0.1) is 5.10 Å². The maximum Gasteiger partial charge on any atom is 0.346 e. The van der Waals surface area contributed by atoms with E-state index in [2.05, 4.69) is 10.4 Å². The lowest BCUT2D eigenvalue weighted by Crippen LogP contribution is -2.32. The third-order valence-corrected chi connectivity index (χ3v) is 5.46. The van der Waals surface area contributed by atoms with E-state index in [0.717, 1.165) is 29.2 Å². The Kier molecular flexibility index (Phi) is 4.67. The second-order valence-electron chi connectivity index (χ2n) is 7.58. The summed E-state index contributed by atoms with van der Waals surface area (Å²) < 4.78 is 3.26. The van der Waals surface area contributed by atoms with Crippen molar-refractivity contribution in [3.8, 4) is 11.4 Å². The highest BCUT2D eigenvalue weighted by atomic mass is 16.2. The average molecular weight is 398 g/mol. The number of nitrogens with zero attached hydrogens (tertiary/aromatic N) is 3. The van der Waals surface area contributed by atoms with E-state index >= 15 is 0 Å². The first-order valence-electron chi connectivity index (χ1n) is 10.2. The van der Waals surface area contributed by atoms with Gasteiger partial charge in [-0.25, -0.2) is 9.48 Å². The zero-order valence-corrected chi connectivity index (χ0v) is 16.5. The van der Waals surface area contributed by atoms with Gasteiger partial charge in [-0.1, -0.05) is 66.7 Å². The van der Waals surface area contributed by atoms with E-state index in [9.17, 15) is 9.59 Å². The van der Waals surface area contributed by atoms with Crippen LogP contribution in [0, 0.1) is 0 Å². The number of nitrogens with one attached hydrogen (secondary N) is 1. The molecule has 1 heterocycles. The quantitative estimate of drug-likeness (QED) is 0.539. The summed E-state index contributed by atoms with van der Waals surface area (Å²) in [5.74, 6) is 0.549. The predicted molar refractivity (Wildman–Crippen MR) is 116 cm³/mol. The van der Waals surface area contributed by atoms with E-state index < -0.39 is 0 Å². The molecule has 3 aromatic carbocycles. The van der Waals surface area contributed by atoms with Gasteiger partial charge in [0, 0.05) is 23.7 Å². The molecule has 0 radical (unpaired) electrons. The fourth-order valence-corrected chi connectivity index (χ4v) is 3.81. The van der Waals surface area contributed by atoms with Crippen molar-refractivity contribution < 1.29 is 4.79 Å². The van der Waals surface area contributed by atoms with Gasteiger partial charge < -0.3 is 5.32 Å². The third kappa shape index (κ3) is 3.41. The minimum atomic E-state index is -0.148. The normalized spacial score (nSPS) is 13.5. The molecule has 0 spiro atoms. The van der Waals surface area contributed by atoms with Crippen LogP contribution in [0.4, 0.5) is 0 Å². The number of aromatic nitrogens is 3. The molecule has 1 aromatic heterocycles. The number of fused-ring (bicyclic) bond motifs is 1. The maximum absolute atomic E-state index is 12.9. The topological polar surface area (TPSA) is 68.9 Å². The van der Waals surface area contributed by atoms with Crippen LogP contribution in [0.1, 0.15) is 29.2 Å². The van der Waals surface area contributed by atoms with E-state index in [0.29, 0.717) is 24.5 Å². The maximum atomic E-state index is 12.9. The van der Waals surface area contributed by atoms with Crippen molar-refractivity contribution in [3.05, 3.63) is 88.8 Å². The van der Waals surface area contributed by atoms with Gasteiger partial charge in [-0.05, 0) is 29.7 Å². The molecule has 5 rings (SSSR count). The molecule has 150 valence electrons. The predicted octanol–water partition coefficient (Wildman–Crippen LogP) is 3.63. The number of benzene rings is 3. The van der Waals surface area contributed by atoms with Gasteiger partial charge in [-0.2, -0.15) is 0 Å². The summed E-state index contributed by atoms with van der Waals surface area (Å²) in [6, 6.07) is 23.5. The van der Waals surface area contributed by atoms with E-state index in [-0.39, 0.29) is 17.6 Å². The molecule has 0 bridgehead atoms. The van der Waals surface area contributed by atoms with Crippen LogP contribution in [0.5, 0.6) is 0 Å². The van der Waals surface area contributed by atoms with Crippen LogP contribution in [0.2, 0.25) is 0 Å². The standard InChI is InChI=1S/C24H22N4O2/c29-23(21-12-6-10-17-7-4-5-11-20(17)21)25-15-16-27-24(30)28(19-13-14-19)22(26-27)18-8-2-1-3-9-18/h1-12,19H,13-16H2,(H,25,29). The smallest absolute Gasteiger partial charge is 0.346 e. The fourth-order valence-electron chi connectivity index (χ4n) is 3.81. The lowest BCUT2D eigenvalue weighted by Gasteiger charge is -2.08. The molecule has 6 nitrogen and oxygen atoms in total. The molecule has 6 heteroatoms. The first-order chi connectivity index (χ1) is 14.7. The first-order valence-corrected chi connectivity index (χ1v) is 10.2. The average Bonchev–Trinajstić information content (AvgIpc) is 3.57. The van der Waals surface area contributed by atoms with Crippen molar-refractivity contribution in [3.63, 3.8) is 0 Å². The van der Waals surface area contributed by atoms with Crippen molar-refractivity contribution in [2.75, 3.05) is 6.54 Å². The van der Waals surface area contributed by atoms with Crippen LogP contribution >= 0.6 is 0 Å². The molecule has 1 fully saturated rings. The number of amides is 1. The number of carbonyl (C=O) groups is 1. The van der Waals surface area contributed by atoms with Gasteiger partial charge in [0.25, 0.3) is 5.91 Å². The Bertz CT molecular complexity index is 1260. The molecule has 0 saturated heterocycles. The minimum Gasteiger partial charge on any atom is -0.350 e. The van der Waals surface area contributed by atoms with Gasteiger partial charge in [0.15, 0.2) is 5.82 Å². The molecule has 4 aromatic rings. The molecular formula is C24H22N4O2. The Morgan fingerprint density at radius 2 is 1.70 bits per heavy atom. The Morgan fingerprint density at radius 1 is 0.967 bits per heavy atom. The Hall–Kier alpha value is -3.67. The van der Waals surface area contributed by atoms with Gasteiger partial charge in [0.05, 0.1) is 6.54 Å². The van der Waals surface area contributed by atoms with Crippen molar-refractivity contribution in [2.45, 2.75) is 25.4 Å². The van der Waals surface area contributed by atoms with E-state index in [4.69, 9.17) is 0 Å². The summed E-state index contributed by atoms with van der Waals surface area (Å²) in [4.78, 5) is 25.6. The highest BCUT2D eigenvalue weighted by Crippen LogP contribution is 2.36. The second-order valence-corrected chi connectivity index (χ2v) is 7.58. The molecule has 1 aliphatic rings. The summed E-state index contributed by atoms with van der Waals surface area (Å²) >= 11 is 0. The molecule has 30 heavy (non-hydrogen) atoms. The lowest BCUT2D eigenvalue weighted by atomic mass is 10.0. The molecule has 0 atom stereocenters. The van der Waals surface area contributed by atoms with Crippen LogP contribution < -0.4 is 11.0 Å². The van der Waals surface area contributed by atoms with Crippen LogP contribution in [-0.4, -0.2) is 26.8 Å². The highest BCUT2D eigenvalue weighted by molar-refractivity contribution is 6.06. The second kappa shape index (κ2) is 7.63. The third-order valence-electron chi connectivity index (χ3n) is 5.46. The molecule has 1 amide bonds. The Balaban J connectivity index is 1.34. The van der Waals surface area contributed by atoms with Crippen LogP contribution in [0.15, 0.2) is 77.6 Å². The minimum absolute atomic E-state index is 0.115.